The molecule has 2 fully saturated rings. The van der Waals surface area contributed by atoms with E-state index in [0.717, 1.165) is 56.0 Å². The zero-order valence-electron chi connectivity index (χ0n) is 19.6. The predicted molar refractivity (Wildman–Crippen MR) is 127 cm³/mol. The first-order valence-electron chi connectivity index (χ1n) is 11.9. The number of halogens is 1. The Labute approximate surface area is 200 Å². The molecule has 2 aliphatic carbocycles. The van der Waals surface area contributed by atoms with Crippen molar-refractivity contribution in [1.29, 1.82) is 0 Å². The van der Waals surface area contributed by atoms with Gasteiger partial charge in [0.15, 0.2) is 0 Å². The highest BCUT2D eigenvalue weighted by Crippen LogP contribution is 2.40. The van der Waals surface area contributed by atoms with E-state index in [1.54, 1.807) is 13.0 Å². The minimum atomic E-state index is -3.42. The number of hydrogen-bond donors (Lipinski definition) is 2. The van der Waals surface area contributed by atoms with Gasteiger partial charge in [0, 0.05) is 35.8 Å². The van der Waals surface area contributed by atoms with Crippen LogP contribution in [-0.4, -0.2) is 31.7 Å². The molecule has 1 aromatic heterocycles. The minimum absolute atomic E-state index is 0.140. The zero-order chi connectivity index (χ0) is 24.3. The molecule has 0 radical (unpaired) electrons. The van der Waals surface area contributed by atoms with Gasteiger partial charge >= 0.3 is 0 Å². The van der Waals surface area contributed by atoms with Gasteiger partial charge in [-0.1, -0.05) is 18.2 Å². The summed E-state index contributed by atoms with van der Waals surface area (Å²) >= 11 is 0. The maximum Gasteiger partial charge on any atom is 0.227 e. The largest absolute Gasteiger partial charge is 0.474 e. The van der Waals surface area contributed by atoms with E-state index >= 15 is 0 Å². The van der Waals surface area contributed by atoms with E-state index in [1.807, 2.05) is 12.1 Å². The molecule has 2 saturated carbocycles. The molecule has 184 valence electrons. The molecule has 1 amide bonds. The number of ether oxygens (including phenoxy) is 1. The first-order valence-corrected chi connectivity index (χ1v) is 13.8. The van der Waals surface area contributed by atoms with Gasteiger partial charge in [0.2, 0.25) is 21.8 Å². The Morgan fingerprint density at radius 1 is 1.12 bits per heavy atom. The number of aromatic nitrogens is 1. The zero-order valence-corrected chi connectivity index (χ0v) is 20.5. The molecule has 1 aromatic carbocycles. The highest BCUT2D eigenvalue weighted by atomic mass is 32.2. The van der Waals surface area contributed by atoms with Crippen molar-refractivity contribution >= 4 is 15.9 Å². The Morgan fingerprint density at radius 2 is 1.82 bits per heavy atom. The Bertz CT molecular complexity index is 1140. The van der Waals surface area contributed by atoms with Crippen molar-refractivity contribution in [2.75, 3.05) is 6.26 Å². The van der Waals surface area contributed by atoms with Crippen LogP contribution in [0.2, 0.25) is 0 Å². The minimum Gasteiger partial charge on any atom is -0.474 e. The summed E-state index contributed by atoms with van der Waals surface area (Å²) in [5.74, 6) is -0.248. The maximum absolute atomic E-state index is 14.5. The summed E-state index contributed by atoms with van der Waals surface area (Å²) in [6.07, 6.45) is 7.89. The van der Waals surface area contributed by atoms with Crippen LogP contribution in [0.15, 0.2) is 30.3 Å². The van der Waals surface area contributed by atoms with E-state index < -0.39 is 21.8 Å². The van der Waals surface area contributed by atoms with Crippen molar-refractivity contribution in [1.82, 2.24) is 15.0 Å². The molecule has 0 saturated heterocycles. The SMILES string of the molecule is CC(C(=O)NCc1ccc(C2CC2)nc1OC1CCCC1)c1ccc(CNS(C)(=O)=O)c(F)c1. The average Bonchev–Trinajstić information content (AvgIpc) is 3.52. The van der Waals surface area contributed by atoms with E-state index in [2.05, 4.69) is 10.0 Å². The number of nitrogens with zero attached hydrogens (tertiary/aromatic N) is 1. The number of benzene rings is 1. The molecule has 2 N–H and O–H groups in total. The van der Waals surface area contributed by atoms with E-state index in [0.29, 0.717) is 17.4 Å². The van der Waals surface area contributed by atoms with Crippen molar-refractivity contribution in [2.45, 2.75) is 76.5 Å². The summed E-state index contributed by atoms with van der Waals surface area (Å²) in [6.45, 7) is 1.85. The fraction of sp³-hybridized carbons (Fsp3) is 0.520. The molecule has 0 spiro atoms. The molecule has 9 heteroatoms. The van der Waals surface area contributed by atoms with Crippen LogP contribution in [0.1, 0.15) is 79.7 Å². The van der Waals surface area contributed by atoms with Crippen LogP contribution in [0, 0.1) is 5.82 Å². The Morgan fingerprint density at radius 3 is 2.47 bits per heavy atom. The van der Waals surface area contributed by atoms with Gasteiger partial charge < -0.3 is 10.1 Å². The summed E-state index contributed by atoms with van der Waals surface area (Å²) in [6, 6.07) is 8.43. The van der Waals surface area contributed by atoms with Gasteiger partial charge in [0.25, 0.3) is 0 Å². The van der Waals surface area contributed by atoms with Crippen molar-refractivity contribution in [3.8, 4) is 5.88 Å². The third-order valence-electron chi connectivity index (χ3n) is 6.49. The summed E-state index contributed by atoms with van der Waals surface area (Å²) in [5.41, 5.74) is 2.63. The van der Waals surface area contributed by atoms with Crippen LogP contribution in [0.3, 0.4) is 0 Å². The number of rotatable bonds is 10. The normalized spacial score (nSPS) is 17.5. The first kappa shape index (κ1) is 24.6. The number of carbonyl (C=O) groups excluding carboxylic acids is 1. The summed E-state index contributed by atoms with van der Waals surface area (Å²) < 4.78 is 45.4. The second-order valence-corrected chi connectivity index (χ2v) is 11.2. The van der Waals surface area contributed by atoms with Gasteiger partial charge in [-0.3, -0.25) is 4.79 Å². The monoisotopic (exact) mass is 489 g/mol. The standard InChI is InChI=1S/C25H32FN3O4S/c1-16(18-9-10-19(22(26)13-18)15-28-34(2,31)32)24(30)27-14-20-11-12-23(17-7-8-17)29-25(20)33-21-5-3-4-6-21/h9-13,16-17,21,28H,3-8,14-15H2,1-2H3,(H,27,30). The number of pyridine rings is 1. The molecule has 1 atom stereocenters. The second-order valence-electron chi connectivity index (χ2n) is 9.38. The predicted octanol–water partition coefficient (Wildman–Crippen LogP) is 3.89. The van der Waals surface area contributed by atoms with Crippen molar-refractivity contribution < 1.29 is 22.3 Å². The first-order chi connectivity index (χ1) is 16.2. The van der Waals surface area contributed by atoms with Crippen molar-refractivity contribution in [2.24, 2.45) is 0 Å². The van der Waals surface area contributed by atoms with Crippen LogP contribution in [0.4, 0.5) is 4.39 Å². The molecular weight excluding hydrogens is 457 g/mol. The lowest BCUT2D eigenvalue weighted by Gasteiger charge is -2.18. The summed E-state index contributed by atoms with van der Waals surface area (Å²) in [7, 11) is -3.42. The number of hydrogen-bond acceptors (Lipinski definition) is 5. The molecule has 4 rings (SSSR count). The average molecular weight is 490 g/mol. The van der Waals surface area contributed by atoms with Gasteiger partial charge in [-0.2, -0.15) is 0 Å². The van der Waals surface area contributed by atoms with Gasteiger partial charge in [-0.25, -0.2) is 22.5 Å². The fourth-order valence-electron chi connectivity index (χ4n) is 4.16. The lowest BCUT2D eigenvalue weighted by atomic mass is 9.98. The van der Waals surface area contributed by atoms with Crippen molar-refractivity contribution in [3.63, 3.8) is 0 Å². The molecule has 1 unspecified atom stereocenters. The lowest BCUT2D eigenvalue weighted by molar-refractivity contribution is -0.122. The molecule has 2 aliphatic rings. The number of carbonyl (C=O) groups is 1. The summed E-state index contributed by atoms with van der Waals surface area (Å²) in [5, 5.41) is 2.93. The second kappa shape index (κ2) is 10.4. The molecule has 0 bridgehead atoms. The maximum atomic E-state index is 14.5. The Kier molecular flexibility index (Phi) is 7.52. The van der Waals surface area contributed by atoms with Crippen LogP contribution in [0.25, 0.3) is 0 Å². The van der Waals surface area contributed by atoms with Gasteiger partial charge in [-0.05, 0) is 63.1 Å². The van der Waals surface area contributed by atoms with Crippen LogP contribution >= 0.6 is 0 Å². The third kappa shape index (κ3) is 6.54. The molecule has 34 heavy (non-hydrogen) atoms. The highest BCUT2D eigenvalue weighted by Gasteiger charge is 2.27. The molecule has 2 aromatic rings. The van der Waals surface area contributed by atoms with Crippen LogP contribution in [-0.2, 0) is 27.9 Å². The number of sulfonamides is 1. The number of amides is 1. The van der Waals surface area contributed by atoms with Crippen molar-refractivity contribution in [3.05, 3.63) is 58.5 Å². The third-order valence-corrected chi connectivity index (χ3v) is 7.15. The lowest BCUT2D eigenvalue weighted by Crippen LogP contribution is -2.28. The van der Waals surface area contributed by atoms with Gasteiger partial charge in [0.05, 0.1) is 12.2 Å². The quantitative estimate of drug-likeness (QED) is 0.528. The summed E-state index contributed by atoms with van der Waals surface area (Å²) in [4.78, 5) is 17.6. The van der Waals surface area contributed by atoms with E-state index in [1.165, 1.54) is 12.1 Å². The molecule has 1 heterocycles. The number of nitrogens with one attached hydrogen (secondary N) is 2. The van der Waals surface area contributed by atoms with E-state index in [4.69, 9.17) is 9.72 Å². The smallest absolute Gasteiger partial charge is 0.227 e. The van der Waals surface area contributed by atoms with Crippen LogP contribution < -0.4 is 14.8 Å². The Balaban J connectivity index is 1.40. The topological polar surface area (TPSA) is 97.4 Å². The molecule has 0 aliphatic heterocycles. The fourth-order valence-corrected chi connectivity index (χ4v) is 4.58. The van der Waals surface area contributed by atoms with Gasteiger partial charge in [-0.15, -0.1) is 0 Å². The van der Waals surface area contributed by atoms with Crippen LogP contribution in [0.5, 0.6) is 5.88 Å². The molecular formula is C25H32FN3O4S. The highest BCUT2D eigenvalue weighted by molar-refractivity contribution is 7.88. The molecule has 7 nitrogen and oxygen atoms in total. The Hall–Kier alpha value is -2.52. The van der Waals surface area contributed by atoms with Gasteiger partial charge in [0.1, 0.15) is 11.9 Å². The van der Waals surface area contributed by atoms with E-state index in [-0.39, 0.29) is 30.7 Å². The van der Waals surface area contributed by atoms with E-state index in [9.17, 15) is 17.6 Å².